The first-order chi connectivity index (χ1) is 16.9. The van der Waals surface area contributed by atoms with Crippen LogP contribution >= 0.6 is 0 Å². The van der Waals surface area contributed by atoms with Crippen LogP contribution in [0.5, 0.6) is 0 Å². The van der Waals surface area contributed by atoms with Gasteiger partial charge >= 0.3 is 0 Å². The van der Waals surface area contributed by atoms with Crippen LogP contribution in [0.15, 0.2) is 65.2 Å². The Hall–Kier alpha value is -4.19. The van der Waals surface area contributed by atoms with Gasteiger partial charge in [0.05, 0.1) is 33.8 Å². The minimum Gasteiger partial charge on any atom is -0.364 e. The number of allylic oxidation sites excluding steroid dienone is 3. The number of fused-ring (bicyclic) bond motifs is 10. The summed E-state index contributed by atoms with van der Waals surface area (Å²) in [5.74, 6) is 0. The average molecular weight is 457 g/mol. The molecule has 0 saturated heterocycles. The third-order valence-corrected chi connectivity index (χ3v) is 7.04. The SMILES string of the molecule is CC1=CC2=Nc3c(c4nc5cc(C)ccc5nc4c4nc5ccc(C)cc5nc34)N(C)C(C=C1)C2. The lowest BCUT2D eigenvalue weighted by Crippen LogP contribution is -2.30. The fourth-order valence-electron chi connectivity index (χ4n) is 5.22. The molecule has 3 heterocycles. The molecule has 1 aliphatic carbocycles. The Balaban J connectivity index is 1.72. The first-order valence-corrected chi connectivity index (χ1v) is 11.9. The highest BCUT2D eigenvalue weighted by Crippen LogP contribution is 2.45. The minimum absolute atomic E-state index is 0.162. The van der Waals surface area contributed by atoms with Crippen molar-refractivity contribution in [1.82, 2.24) is 19.9 Å². The van der Waals surface area contributed by atoms with E-state index < -0.39 is 0 Å². The smallest absolute Gasteiger partial charge is 0.120 e. The molecular formula is C29H24N6. The van der Waals surface area contributed by atoms with Crippen LogP contribution in [0, 0.1) is 13.8 Å². The summed E-state index contributed by atoms with van der Waals surface area (Å²) < 4.78 is 0. The predicted molar refractivity (Wildman–Crippen MR) is 144 cm³/mol. The van der Waals surface area contributed by atoms with Gasteiger partial charge in [0.15, 0.2) is 0 Å². The second-order valence-corrected chi connectivity index (χ2v) is 9.76. The maximum Gasteiger partial charge on any atom is 0.120 e. The predicted octanol–water partition coefficient (Wildman–Crippen LogP) is 6.29. The van der Waals surface area contributed by atoms with Crippen molar-refractivity contribution < 1.29 is 0 Å². The topological polar surface area (TPSA) is 67.2 Å². The fourth-order valence-corrected chi connectivity index (χ4v) is 5.22. The second kappa shape index (κ2) is 7.15. The molecule has 0 amide bonds. The molecule has 5 aromatic rings. The number of hydrogen-bond acceptors (Lipinski definition) is 6. The molecule has 2 aromatic heterocycles. The maximum atomic E-state index is 5.21. The normalized spacial score (nSPS) is 17.5. The summed E-state index contributed by atoms with van der Waals surface area (Å²) in [5.41, 5.74) is 12.9. The van der Waals surface area contributed by atoms with Crippen LogP contribution in [-0.4, -0.2) is 38.7 Å². The van der Waals surface area contributed by atoms with E-state index in [-0.39, 0.29) is 6.04 Å². The number of aliphatic imine (C=N–C) groups is 1. The molecule has 170 valence electrons. The Morgan fingerprint density at radius 2 is 1.34 bits per heavy atom. The Morgan fingerprint density at radius 1 is 0.743 bits per heavy atom. The zero-order valence-corrected chi connectivity index (χ0v) is 20.2. The van der Waals surface area contributed by atoms with Crippen LogP contribution in [0.1, 0.15) is 24.5 Å². The third-order valence-electron chi connectivity index (χ3n) is 7.04. The van der Waals surface area contributed by atoms with E-state index in [0.717, 1.165) is 78.8 Å². The van der Waals surface area contributed by atoms with Gasteiger partial charge in [0.1, 0.15) is 27.8 Å². The molecule has 1 unspecified atom stereocenters. The lowest BCUT2D eigenvalue weighted by Gasteiger charge is -2.27. The molecule has 0 N–H and O–H groups in total. The van der Waals surface area contributed by atoms with Crippen LogP contribution in [0.3, 0.4) is 0 Å². The summed E-state index contributed by atoms with van der Waals surface area (Å²) in [6.07, 6.45) is 7.43. The molecule has 3 aromatic carbocycles. The molecular weight excluding hydrogens is 432 g/mol. The fraction of sp³-hybridized carbons (Fsp3) is 0.207. The van der Waals surface area contributed by atoms with E-state index >= 15 is 0 Å². The van der Waals surface area contributed by atoms with Crippen molar-refractivity contribution in [3.05, 3.63) is 71.3 Å². The molecule has 0 spiro atoms. The number of rotatable bonds is 0. The Kier molecular flexibility index (Phi) is 4.13. The Bertz CT molecular complexity index is 1830. The largest absolute Gasteiger partial charge is 0.364 e. The first kappa shape index (κ1) is 20.2. The van der Waals surface area contributed by atoms with Gasteiger partial charge in [-0.1, -0.05) is 24.3 Å². The van der Waals surface area contributed by atoms with E-state index in [2.05, 4.69) is 75.2 Å². The summed E-state index contributed by atoms with van der Waals surface area (Å²) in [7, 11) is 2.12. The standard InChI is InChI=1S/C29H24N6/c1-15-5-8-19-14-18(11-15)30-27-25-24(31-20-9-6-16(2)12-22(20)33-25)26-28(29(27)35(19)4)34-23-13-17(3)7-10-21(23)32-26/h5-13,19H,14H2,1-4H3. The molecule has 35 heavy (non-hydrogen) atoms. The Morgan fingerprint density at radius 3 is 2.03 bits per heavy atom. The van der Waals surface area contributed by atoms with Gasteiger partial charge < -0.3 is 4.90 Å². The van der Waals surface area contributed by atoms with Crippen molar-refractivity contribution in [1.29, 1.82) is 0 Å². The van der Waals surface area contributed by atoms with E-state index in [1.807, 2.05) is 12.1 Å². The van der Waals surface area contributed by atoms with Gasteiger partial charge in [0, 0.05) is 19.2 Å². The highest BCUT2D eigenvalue weighted by atomic mass is 15.2. The van der Waals surface area contributed by atoms with Crippen molar-refractivity contribution in [3.8, 4) is 0 Å². The molecule has 7 rings (SSSR count). The molecule has 0 fully saturated rings. The third kappa shape index (κ3) is 3.06. The van der Waals surface area contributed by atoms with E-state index in [0.29, 0.717) is 0 Å². The van der Waals surface area contributed by atoms with E-state index in [1.165, 1.54) is 5.57 Å². The average Bonchev–Trinajstić information content (AvgIpc) is 3.10. The molecule has 1 atom stereocenters. The highest BCUT2D eigenvalue weighted by Gasteiger charge is 2.29. The van der Waals surface area contributed by atoms with Crippen molar-refractivity contribution in [2.75, 3.05) is 11.9 Å². The summed E-state index contributed by atoms with van der Waals surface area (Å²) in [4.78, 5) is 27.9. The number of benzene rings is 3. The number of likely N-dealkylation sites (N-methyl/N-ethyl adjacent to an activating group) is 1. The van der Waals surface area contributed by atoms with Crippen LogP contribution < -0.4 is 4.90 Å². The number of hydrogen-bond donors (Lipinski definition) is 0. The van der Waals surface area contributed by atoms with Gasteiger partial charge in [-0.2, -0.15) is 0 Å². The number of anilines is 1. The minimum atomic E-state index is 0.162. The molecule has 6 heteroatoms. The van der Waals surface area contributed by atoms with Gasteiger partial charge in [-0.25, -0.2) is 24.9 Å². The van der Waals surface area contributed by atoms with Gasteiger partial charge in [0.2, 0.25) is 0 Å². The van der Waals surface area contributed by atoms with Crippen molar-refractivity contribution in [2.24, 2.45) is 4.99 Å². The summed E-state index contributed by atoms with van der Waals surface area (Å²) in [5, 5.41) is 0. The van der Waals surface area contributed by atoms with E-state index in [4.69, 9.17) is 24.9 Å². The summed E-state index contributed by atoms with van der Waals surface area (Å²) in [6.45, 7) is 6.27. The van der Waals surface area contributed by atoms with Gasteiger partial charge in [-0.05, 0) is 67.8 Å². The van der Waals surface area contributed by atoms with E-state index in [9.17, 15) is 0 Å². The van der Waals surface area contributed by atoms with Gasteiger partial charge in [-0.15, -0.1) is 0 Å². The monoisotopic (exact) mass is 456 g/mol. The molecule has 2 bridgehead atoms. The Labute approximate surface area is 202 Å². The van der Waals surface area contributed by atoms with Gasteiger partial charge in [-0.3, -0.25) is 0 Å². The van der Waals surface area contributed by atoms with Gasteiger partial charge in [0.25, 0.3) is 0 Å². The van der Waals surface area contributed by atoms with E-state index in [1.54, 1.807) is 0 Å². The van der Waals surface area contributed by atoms with Crippen LogP contribution in [0.2, 0.25) is 0 Å². The number of nitrogens with zero attached hydrogens (tertiary/aromatic N) is 6. The van der Waals surface area contributed by atoms with Crippen LogP contribution in [0.4, 0.5) is 11.4 Å². The lowest BCUT2D eigenvalue weighted by atomic mass is 10.1. The molecule has 2 aliphatic rings. The van der Waals surface area contributed by atoms with Crippen molar-refractivity contribution >= 4 is 61.2 Å². The zero-order chi connectivity index (χ0) is 23.8. The molecule has 0 radical (unpaired) electrons. The molecule has 1 aliphatic heterocycles. The van der Waals surface area contributed by atoms with Crippen molar-refractivity contribution in [2.45, 2.75) is 33.2 Å². The summed E-state index contributed by atoms with van der Waals surface area (Å²) in [6, 6.07) is 12.5. The number of aromatic nitrogens is 4. The highest BCUT2D eigenvalue weighted by molar-refractivity contribution is 6.18. The summed E-state index contributed by atoms with van der Waals surface area (Å²) >= 11 is 0. The maximum absolute atomic E-state index is 5.21. The first-order valence-electron chi connectivity index (χ1n) is 11.9. The molecule has 6 nitrogen and oxygen atoms in total. The van der Waals surface area contributed by atoms with Crippen molar-refractivity contribution in [3.63, 3.8) is 0 Å². The zero-order valence-electron chi connectivity index (χ0n) is 20.2. The lowest BCUT2D eigenvalue weighted by molar-refractivity contribution is 0.790. The van der Waals surface area contributed by atoms with Crippen LogP contribution in [-0.2, 0) is 0 Å². The quantitative estimate of drug-likeness (QED) is 0.202. The second-order valence-electron chi connectivity index (χ2n) is 9.76. The van der Waals surface area contributed by atoms with Crippen LogP contribution in [0.25, 0.3) is 44.1 Å². The number of aryl methyl sites for hydroxylation is 2. The molecule has 0 saturated carbocycles.